The Balaban J connectivity index is 0.000000157. The van der Waals surface area contributed by atoms with Crippen molar-refractivity contribution in [2.45, 2.75) is 50.1 Å². The third-order valence-electron chi connectivity index (χ3n) is 16.7. The number of carbonyl (C=O) groups is 4. The van der Waals surface area contributed by atoms with Crippen molar-refractivity contribution in [2.75, 3.05) is 41.4 Å². The van der Waals surface area contributed by atoms with Crippen molar-refractivity contribution in [3.05, 3.63) is 288 Å². The topological polar surface area (TPSA) is 236 Å². The van der Waals surface area contributed by atoms with Gasteiger partial charge in [-0.15, -0.1) is 6.42 Å². The second-order valence-electron chi connectivity index (χ2n) is 24.0. The van der Waals surface area contributed by atoms with E-state index in [0.717, 1.165) is 10.0 Å². The van der Waals surface area contributed by atoms with Crippen LogP contribution in [0, 0.1) is 24.2 Å². The van der Waals surface area contributed by atoms with Crippen LogP contribution < -0.4 is 31.8 Å². The number of hydrogen-bond donors (Lipinski definition) is 4. The number of rotatable bonds is 12. The number of aromatic nitrogens is 6. The van der Waals surface area contributed by atoms with Crippen molar-refractivity contribution in [1.29, 1.82) is 0 Å². The van der Waals surface area contributed by atoms with Gasteiger partial charge in [0.15, 0.2) is 22.7 Å². The van der Waals surface area contributed by atoms with Crippen LogP contribution in [-0.4, -0.2) is 136 Å². The van der Waals surface area contributed by atoms with Gasteiger partial charge in [-0.2, -0.15) is 10.2 Å². The van der Waals surface area contributed by atoms with Crippen LogP contribution >= 0.6 is 50.8 Å². The first-order chi connectivity index (χ1) is 51.1. The Bertz CT molecular complexity index is 4760. The SMILES string of the molecule is C#C[C@]1(O)CCN(C)C1=O.COC(=O)c1nn(-c2cc(Br)cc(C(C)O)c2)c2ncccc12.COC(=O)c1nn(-c2cc(C#C[C@]3(O)CCN(C)C3=O)cc(C(C)O)c2)c2ncccc12.[Cl][Pd][Cl].c1ccc(P(c2ccccc2)c2ccccc2)cc1.c1ccc(P(c2ccccc2)c2ccccc2)cc1. The quantitative estimate of drug-likeness (QED) is 0.0385. The summed E-state index contributed by atoms with van der Waals surface area (Å²) in [6, 6.07) is 82.1. The average Bonchev–Trinajstić information content (AvgIpc) is 1.57. The molecule has 24 heteroatoms. The Morgan fingerprint density at radius 2 is 0.858 bits per heavy atom. The minimum atomic E-state index is -1.74. The van der Waals surface area contributed by atoms with E-state index in [1.807, 2.05) is 12.1 Å². The van der Waals surface area contributed by atoms with Crippen LogP contribution in [0.25, 0.3) is 33.4 Å². The van der Waals surface area contributed by atoms with Gasteiger partial charge in [0.25, 0.3) is 11.8 Å². The first kappa shape index (κ1) is 80.5. The molecule has 2 fully saturated rings. The maximum Gasteiger partial charge on any atom is -0.0134 e. The van der Waals surface area contributed by atoms with Gasteiger partial charge in [0.1, 0.15) is 0 Å². The molecule has 0 saturated carbocycles. The number of nitrogens with zero attached hydrogens (tertiary/aromatic N) is 8. The predicted octanol–water partition coefficient (Wildman–Crippen LogP) is 11.7. The monoisotopic (exact) mass is 1650 g/mol. The maximum atomic E-state index is 12.2. The zero-order valence-electron chi connectivity index (χ0n) is 58.5. The fraction of sp³-hybridized carbons (Fsp3) is 0.171. The molecule has 4 aromatic heterocycles. The van der Waals surface area contributed by atoms with Gasteiger partial charge < -0.3 is 39.7 Å². The van der Waals surface area contributed by atoms with Crippen LogP contribution in [0.2, 0.25) is 0 Å². The molecule has 14 rings (SSSR count). The molecular formula is C82H75BrCl2N8O10P2Pd. The molecule has 12 aromatic rings. The summed E-state index contributed by atoms with van der Waals surface area (Å²) in [6.45, 7) is 4.26. The average molecular weight is 1650 g/mol. The summed E-state index contributed by atoms with van der Waals surface area (Å²) < 4.78 is 13.5. The third kappa shape index (κ3) is 20.3. The van der Waals surface area contributed by atoms with Crippen LogP contribution in [-0.2, 0) is 35.0 Å². The third-order valence-corrected chi connectivity index (χ3v) is 22.0. The van der Waals surface area contributed by atoms with Crippen molar-refractivity contribution in [2.24, 2.45) is 0 Å². The molecule has 0 bridgehead atoms. The summed E-state index contributed by atoms with van der Waals surface area (Å²) in [6.07, 6.45) is 7.32. The standard InChI is InChI=1S/C23H22N4O5.2C18H15P.C16H14BrN3O3.C7H9NO2.2ClH.Pd/c1-14(28)16-11-15(6-7-23(31)8-10-26(2)22(23)30)12-17(13-16)27-20-18(5-4-9-24-20)19(25-27)21(29)32-3;2*1-4-10-16(11-5-1)19(17-12-6-2-7-13-17)18-14-8-3-9-15-18;1-9(21)10-6-11(17)8-12(7-10)20-15-13(4-3-5-18-15)14(19-20)16(22)23-2;1-3-7(10)4-5-8(2)6(7)9;;;/h4-5,9,11-14,28,31H,8,10H2,1-3H3;2*1-15H;3-9,21H,1-2H3;1,10H,4-5H2,2H3;2*1H;/q;;;;;;;+2/p-2/t14?,23-;;;;7-;;;/m0...0.../s1. The Hall–Kier alpha value is -9.58. The van der Waals surface area contributed by atoms with Crippen LogP contribution in [0.1, 0.15) is 76.6 Å². The number of likely N-dealkylation sites (N-methyl/N-ethyl adjacent to an activating group) is 2. The van der Waals surface area contributed by atoms with Crippen LogP contribution in [0.15, 0.2) is 260 Å². The fourth-order valence-electron chi connectivity index (χ4n) is 11.3. The number of halogens is 3. The van der Waals surface area contributed by atoms with Gasteiger partial charge in [0.2, 0.25) is 11.2 Å². The van der Waals surface area contributed by atoms with E-state index in [0.29, 0.717) is 64.1 Å². The number of likely N-dealkylation sites (tertiary alicyclic amines) is 2. The maximum absolute atomic E-state index is 12.2. The van der Waals surface area contributed by atoms with Gasteiger partial charge in [0.05, 0.1) is 48.6 Å². The number of esters is 2. The summed E-state index contributed by atoms with van der Waals surface area (Å²) in [7, 11) is 14.6. The zero-order chi connectivity index (χ0) is 75.9. The van der Waals surface area contributed by atoms with Gasteiger partial charge in [-0.3, -0.25) is 9.59 Å². The van der Waals surface area contributed by atoms with E-state index in [4.69, 9.17) is 35.0 Å². The predicted molar refractivity (Wildman–Crippen MR) is 421 cm³/mol. The molecule has 4 atom stereocenters. The van der Waals surface area contributed by atoms with E-state index in [1.165, 1.54) is 60.5 Å². The largest absolute Gasteiger partial charge is 0.0622 e. The summed E-state index contributed by atoms with van der Waals surface area (Å²) in [5.74, 6) is 5.70. The van der Waals surface area contributed by atoms with Crippen molar-refractivity contribution < 1.29 is 65.0 Å². The number of aliphatic hydroxyl groups is 4. The van der Waals surface area contributed by atoms with Gasteiger partial charge in [-0.1, -0.05) is 216 Å². The number of terminal acetylenes is 1. The molecular weight excluding hydrogens is 1580 g/mol. The van der Waals surface area contributed by atoms with E-state index >= 15 is 0 Å². The summed E-state index contributed by atoms with van der Waals surface area (Å²) in [5.41, 5.74) is 0.970. The fourth-order valence-corrected chi connectivity index (χ4v) is 16.4. The minimum Gasteiger partial charge on any atom is -0.0622 e. The van der Waals surface area contributed by atoms with Crippen LogP contribution in [0.4, 0.5) is 0 Å². The summed E-state index contributed by atoms with van der Waals surface area (Å²) >= 11 is 3.32. The molecule has 18 nitrogen and oxygen atoms in total. The van der Waals surface area contributed by atoms with Crippen LogP contribution in [0.5, 0.6) is 0 Å². The van der Waals surface area contributed by atoms with Crippen LogP contribution in [0.3, 0.4) is 0 Å². The molecule has 544 valence electrons. The van der Waals surface area contributed by atoms with E-state index < -0.39 is 57.1 Å². The van der Waals surface area contributed by atoms with E-state index in [-0.39, 0.29) is 39.7 Å². The van der Waals surface area contributed by atoms with E-state index in [1.54, 1.807) is 93.5 Å². The van der Waals surface area contributed by atoms with Gasteiger partial charge in [-0.25, -0.2) is 28.9 Å². The molecule has 2 saturated heterocycles. The number of benzene rings is 8. The molecule has 0 aliphatic carbocycles. The number of hydrogen-bond acceptors (Lipinski definition) is 14. The number of amides is 2. The van der Waals surface area contributed by atoms with Gasteiger partial charge in [-0.05, 0) is 133 Å². The number of pyridine rings is 2. The minimum absolute atomic E-state index is 0.106. The molecule has 0 spiro atoms. The van der Waals surface area contributed by atoms with Crippen molar-refractivity contribution >= 4 is 128 Å². The molecule has 0 radical (unpaired) electrons. The second-order valence-corrected chi connectivity index (χ2v) is 31.7. The smallest absolute Gasteiger partial charge is 0.0134 e. The molecule has 6 heterocycles. The Morgan fingerprint density at radius 1 is 0.528 bits per heavy atom. The summed E-state index contributed by atoms with van der Waals surface area (Å²) in [4.78, 5) is 58.9. The molecule has 2 amide bonds. The first-order valence-electron chi connectivity index (χ1n) is 33.0. The summed E-state index contributed by atoms with van der Waals surface area (Å²) in [5, 5.41) is 58.2. The van der Waals surface area contributed by atoms with Gasteiger partial charge >= 0.3 is 46.9 Å². The molecule has 2 unspecified atom stereocenters. The van der Waals surface area contributed by atoms with E-state index in [2.05, 4.69) is 236 Å². The number of methoxy groups -OCH3 is 2. The Morgan fingerprint density at radius 3 is 1.16 bits per heavy atom. The molecule has 8 aromatic carbocycles. The number of aliphatic hydroxyl groups excluding tert-OH is 2. The van der Waals surface area contributed by atoms with Crippen molar-refractivity contribution in [3.8, 4) is 35.6 Å². The number of ether oxygens (including phenoxy) is 2. The van der Waals surface area contributed by atoms with Crippen molar-refractivity contribution in [1.82, 2.24) is 39.3 Å². The Labute approximate surface area is 642 Å². The molecule has 2 aliphatic heterocycles. The second kappa shape index (κ2) is 38.6. The normalized spacial score (nSPS) is 15.5. The van der Waals surface area contributed by atoms with Gasteiger partial charge in [0, 0.05) is 62.5 Å². The number of fused-ring (bicyclic) bond motifs is 2. The zero-order valence-corrected chi connectivity index (χ0v) is 64.9. The van der Waals surface area contributed by atoms with Crippen molar-refractivity contribution in [3.63, 3.8) is 0 Å². The molecule has 2 aliphatic rings. The number of carbonyl (C=O) groups excluding carboxylic acids is 4. The Kier molecular flexibility index (Phi) is 29.3. The molecule has 4 N–H and O–H groups in total. The molecule has 106 heavy (non-hydrogen) atoms. The van der Waals surface area contributed by atoms with E-state index in [9.17, 15) is 39.6 Å². The first-order valence-corrected chi connectivity index (χ1v) is 40.5.